The van der Waals surface area contributed by atoms with Gasteiger partial charge in [0, 0.05) is 38.3 Å². The highest BCUT2D eigenvalue weighted by molar-refractivity contribution is 14.0. The van der Waals surface area contributed by atoms with Gasteiger partial charge in [-0.15, -0.1) is 24.0 Å². The Balaban J connectivity index is 0.00000240. The molecule has 2 saturated heterocycles. The molecule has 0 aromatic heterocycles. The van der Waals surface area contributed by atoms with E-state index in [-0.39, 0.29) is 24.0 Å². The molecule has 0 amide bonds. The number of halogens is 1. The SMILES string of the molecule is CN=C(NCCC1=CCOCC1)NC1CC2CCC(C1)N2Cc1ccccc1.I. The molecule has 1 aromatic carbocycles. The van der Waals surface area contributed by atoms with Crippen LogP contribution < -0.4 is 10.6 Å². The fourth-order valence-electron chi connectivity index (χ4n) is 4.97. The van der Waals surface area contributed by atoms with Crippen molar-refractivity contribution < 1.29 is 4.74 Å². The Hall–Kier alpha value is -1.12. The van der Waals surface area contributed by atoms with Crippen LogP contribution in [0.4, 0.5) is 0 Å². The van der Waals surface area contributed by atoms with Gasteiger partial charge >= 0.3 is 0 Å². The molecule has 2 fully saturated rings. The van der Waals surface area contributed by atoms with E-state index in [2.05, 4.69) is 56.9 Å². The lowest BCUT2D eigenvalue weighted by Crippen LogP contribution is -2.52. The smallest absolute Gasteiger partial charge is 0.191 e. The summed E-state index contributed by atoms with van der Waals surface area (Å²) in [6, 6.07) is 12.8. The number of aliphatic imine (C=N–C) groups is 1. The molecule has 0 spiro atoms. The van der Waals surface area contributed by atoms with Gasteiger partial charge in [-0.1, -0.05) is 42.0 Å². The molecule has 0 saturated carbocycles. The molecule has 0 aliphatic carbocycles. The van der Waals surface area contributed by atoms with Crippen molar-refractivity contribution in [3.05, 3.63) is 47.5 Å². The predicted octanol–water partition coefficient (Wildman–Crippen LogP) is 3.70. The largest absolute Gasteiger partial charge is 0.377 e. The maximum absolute atomic E-state index is 5.38. The third-order valence-electron chi connectivity index (χ3n) is 6.45. The van der Waals surface area contributed by atoms with Gasteiger partial charge < -0.3 is 15.4 Å². The van der Waals surface area contributed by atoms with Crippen molar-refractivity contribution in [1.82, 2.24) is 15.5 Å². The highest BCUT2D eigenvalue weighted by Crippen LogP contribution is 2.36. The zero-order chi connectivity index (χ0) is 19.2. The zero-order valence-electron chi connectivity index (χ0n) is 17.5. The number of rotatable bonds is 6. The van der Waals surface area contributed by atoms with Gasteiger partial charge in [-0.2, -0.15) is 0 Å². The zero-order valence-corrected chi connectivity index (χ0v) is 19.8. The first-order valence-corrected chi connectivity index (χ1v) is 10.8. The van der Waals surface area contributed by atoms with Crippen molar-refractivity contribution in [3.8, 4) is 0 Å². The summed E-state index contributed by atoms with van der Waals surface area (Å²) in [4.78, 5) is 7.20. The van der Waals surface area contributed by atoms with E-state index >= 15 is 0 Å². The minimum absolute atomic E-state index is 0. The Bertz CT molecular complexity index is 679. The van der Waals surface area contributed by atoms with Crippen molar-refractivity contribution in [1.29, 1.82) is 0 Å². The number of benzene rings is 1. The van der Waals surface area contributed by atoms with Gasteiger partial charge in [0.25, 0.3) is 0 Å². The summed E-state index contributed by atoms with van der Waals surface area (Å²) in [5, 5.41) is 7.21. The lowest BCUT2D eigenvalue weighted by atomic mass is 9.96. The summed E-state index contributed by atoms with van der Waals surface area (Å²) < 4.78 is 5.38. The lowest BCUT2D eigenvalue weighted by molar-refractivity contribution is 0.114. The molecule has 3 heterocycles. The summed E-state index contributed by atoms with van der Waals surface area (Å²) >= 11 is 0. The maximum atomic E-state index is 5.38. The number of nitrogens with zero attached hydrogens (tertiary/aromatic N) is 2. The fraction of sp³-hybridized carbons (Fsp3) is 0.609. The Morgan fingerprint density at radius 1 is 1.17 bits per heavy atom. The molecular weight excluding hydrogens is 475 g/mol. The molecule has 2 atom stereocenters. The summed E-state index contributed by atoms with van der Waals surface area (Å²) in [5.74, 6) is 0.952. The van der Waals surface area contributed by atoms with Crippen LogP contribution in [0.1, 0.15) is 44.1 Å². The van der Waals surface area contributed by atoms with Gasteiger partial charge in [0.1, 0.15) is 0 Å². The molecule has 1 aromatic rings. The molecule has 3 aliphatic heterocycles. The Kier molecular flexibility index (Phi) is 8.81. The van der Waals surface area contributed by atoms with E-state index in [0.29, 0.717) is 18.1 Å². The Labute approximate surface area is 192 Å². The molecule has 0 radical (unpaired) electrons. The third-order valence-corrected chi connectivity index (χ3v) is 6.45. The summed E-state index contributed by atoms with van der Waals surface area (Å²) in [5.41, 5.74) is 2.94. The van der Waals surface area contributed by atoms with Crippen LogP contribution in [0.3, 0.4) is 0 Å². The van der Waals surface area contributed by atoms with E-state index in [1.807, 2.05) is 7.05 Å². The molecular formula is C23H35IN4O. The number of hydrogen-bond acceptors (Lipinski definition) is 3. The van der Waals surface area contributed by atoms with Gasteiger partial charge in [0.15, 0.2) is 5.96 Å². The van der Waals surface area contributed by atoms with Crippen molar-refractivity contribution in [2.24, 2.45) is 4.99 Å². The van der Waals surface area contributed by atoms with E-state index in [1.54, 1.807) is 0 Å². The van der Waals surface area contributed by atoms with Crippen LogP contribution in [0, 0.1) is 0 Å². The molecule has 5 nitrogen and oxygen atoms in total. The average Bonchev–Trinajstić information content (AvgIpc) is 2.97. The van der Waals surface area contributed by atoms with Gasteiger partial charge in [0.05, 0.1) is 13.2 Å². The molecule has 6 heteroatoms. The second-order valence-corrected chi connectivity index (χ2v) is 8.29. The normalized spacial score (nSPS) is 27.1. The minimum atomic E-state index is 0. The lowest BCUT2D eigenvalue weighted by Gasteiger charge is -2.39. The first-order chi connectivity index (χ1) is 13.8. The van der Waals surface area contributed by atoms with Gasteiger partial charge in [0.2, 0.25) is 0 Å². The van der Waals surface area contributed by atoms with Crippen molar-refractivity contribution in [2.75, 3.05) is 26.8 Å². The van der Waals surface area contributed by atoms with Crippen LogP contribution in [-0.4, -0.2) is 55.8 Å². The fourth-order valence-corrected chi connectivity index (χ4v) is 4.97. The number of fused-ring (bicyclic) bond motifs is 2. The predicted molar refractivity (Wildman–Crippen MR) is 130 cm³/mol. The number of piperidine rings is 1. The first-order valence-electron chi connectivity index (χ1n) is 10.8. The molecule has 4 rings (SSSR count). The highest BCUT2D eigenvalue weighted by atomic mass is 127. The van der Waals surface area contributed by atoms with Crippen LogP contribution in [-0.2, 0) is 11.3 Å². The van der Waals surface area contributed by atoms with Crippen molar-refractivity contribution in [2.45, 2.75) is 63.2 Å². The van der Waals surface area contributed by atoms with Crippen LogP contribution in [0.15, 0.2) is 47.0 Å². The number of guanidine groups is 1. The van der Waals surface area contributed by atoms with Crippen molar-refractivity contribution >= 4 is 29.9 Å². The Morgan fingerprint density at radius 3 is 2.59 bits per heavy atom. The molecule has 160 valence electrons. The standard InChI is InChI=1S/C23H34N4O.HI/c1-24-23(25-12-9-18-10-13-28-14-11-18)26-20-15-21-7-8-22(16-20)27(21)17-19-5-3-2-4-6-19;/h2-6,10,20-22H,7-9,11-17H2,1H3,(H2,24,25,26);1H. The highest BCUT2D eigenvalue weighted by Gasteiger charge is 2.40. The van der Waals surface area contributed by atoms with E-state index < -0.39 is 0 Å². The summed E-state index contributed by atoms with van der Waals surface area (Å²) in [6.45, 7) is 3.66. The molecule has 3 aliphatic rings. The molecule has 2 unspecified atom stereocenters. The minimum Gasteiger partial charge on any atom is -0.377 e. The average molecular weight is 510 g/mol. The van der Waals surface area contributed by atoms with E-state index in [4.69, 9.17) is 4.74 Å². The monoisotopic (exact) mass is 510 g/mol. The number of nitrogens with one attached hydrogen (secondary N) is 2. The second-order valence-electron chi connectivity index (χ2n) is 8.29. The maximum Gasteiger partial charge on any atom is 0.191 e. The van der Waals surface area contributed by atoms with E-state index in [0.717, 1.165) is 45.1 Å². The topological polar surface area (TPSA) is 48.9 Å². The second kappa shape index (κ2) is 11.3. The van der Waals surface area contributed by atoms with E-state index in [9.17, 15) is 0 Å². The molecule has 2 bridgehead atoms. The third kappa shape index (κ3) is 6.18. The Morgan fingerprint density at radius 2 is 1.93 bits per heavy atom. The number of ether oxygens (including phenoxy) is 1. The van der Waals surface area contributed by atoms with Gasteiger partial charge in [-0.25, -0.2) is 0 Å². The van der Waals surface area contributed by atoms with E-state index in [1.165, 1.54) is 36.8 Å². The number of hydrogen-bond donors (Lipinski definition) is 2. The summed E-state index contributed by atoms with van der Waals surface area (Å²) in [6.07, 6.45) is 9.46. The van der Waals surface area contributed by atoms with Gasteiger partial charge in [-0.05, 0) is 44.1 Å². The van der Waals surface area contributed by atoms with Crippen LogP contribution in [0.5, 0.6) is 0 Å². The first kappa shape index (κ1) is 22.6. The van der Waals surface area contributed by atoms with Crippen LogP contribution in [0.2, 0.25) is 0 Å². The molecule has 29 heavy (non-hydrogen) atoms. The van der Waals surface area contributed by atoms with Crippen molar-refractivity contribution in [3.63, 3.8) is 0 Å². The van der Waals surface area contributed by atoms with Crippen LogP contribution in [0.25, 0.3) is 0 Å². The van der Waals surface area contributed by atoms with Crippen LogP contribution >= 0.6 is 24.0 Å². The summed E-state index contributed by atoms with van der Waals surface area (Å²) in [7, 11) is 1.88. The van der Waals surface area contributed by atoms with Gasteiger partial charge in [-0.3, -0.25) is 9.89 Å². The quantitative estimate of drug-likeness (QED) is 0.265. The molecule has 2 N–H and O–H groups in total.